The summed E-state index contributed by atoms with van der Waals surface area (Å²) in [7, 11) is 1.58. The van der Waals surface area contributed by atoms with Gasteiger partial charge >= 0.3 is 5.97 Å². The molecule has 0 aromatic carbocycles. The first-order valence-electron chi connectivity index (χ1n) is 7.58. The fourth-order valence-corrected chi connectivity index (χ4v) is 3.27. The molecule has 0 bridgehead atoms. The molecule has 1 fully saturated rings. The Bertz CT molecular complexity index is 553. The van der Waals surface area contributed by atoms with Crippen LogP contribution in [0.1, 0.15) is 33.6 Å². The molecule has 1 saturated carbocycles. The molecule has 1 unspecified atom stereocenters. The molecular weight excluding hydrogens is 280 g/mol. The van der Waals surface area contributed by atoms with Crippen molar-refractivity contribution in [3.63, 3.8) is 0 Å². The van der Waals surface area contributed by atoms with E-state index in [9.17, 15) is 9.59 Å². The summed E-state index contributed by atoms with van der Waals surface area (Å²) in [6, 6.07) is 0. The van der Waals surface area contributed by atoms with E-state index >= 15 is 0 Å². The fraction of sp³-hybridized carbons (Fsp3) is 0.556. The van der Waals surface area contributed by atoms with Crippen LogP contribution in [0, 0.1) is 17.3 Å². The largest absolute Gasteiger partial charge is 0.505 e. The third-order valence-corrected chi connectivity index (χ3v) is 4.86. The molecule has 0 spiro atoms. The molecule has 2 rings (SSSR count). The second-order valence-corrected chi connectivity index (χ2v) is 6.60. The van der Waals surface area contributed by atoms with Gasteiger partial charge < -0.3 is 9.47 Å². The van der Waals surface area contributed by atoms with Crippen LogP contribution in [-0.2, 0) is 19.1 Å². The van der Waals surface area contributed by atoms with E-state index in [0.717, 1.165) is 11.1 Å². The molecule has 3 atom stereocenters. The second kappa shape index (κ2) is 6.11. The number of rotatable bonds is 6. The molecule has 0 heterocycles. The highest BCUT2D eigenvalue weighted by Gasteiger charge is 2.61. The topological polar surface area (TPSA) is 52.6 Å². The first-order chi connectivity index (χ1) is 10.3. The zero-order chi connectivity index (χ0) is 16.5. The van der Waals surface area contributed by atoms with Gasteiger partial charge in [-0.1, -0.05) is 19.9 Å². The lowest BCUT2D eigenvalue weighted by Crippen LogP contribution is -2.20. The molecule has 0 aromatic heterocycles. The number of hydrogen-bond donors (Lipinski definition) is 0. The molecule has 22 heavy (non-hydrogen) atoms. The van der Waals surface area contributed by atoms with Crippen LogP contribution in [0.25, 0.3) is 0 Å². The monoisotopic (exact) mass is 304 g/mol. The van der Waals surface area contributed by atoms with Crippen molar-refractivity contribution >= 4 is 11.8 Å². The normalized spacial score (nSPS) is 29.8. The van der Waals surface area contributed by atoms with E-state index in [4.69, 9.17) is 9.47 Å². The number of carbonyl (C=O) groups is 2. The SMILES string of the molecule is C=CCC1=C(C)C(OC(=O)[C@H]2[C@H](C=COC)C2(C)C)CC1=O. The Hall–Kier alpha value is -1.84. The number of Topliss-reactive ketones (excluding diaryl/α,β-unsaturated/α-hetero) is 1. The predicted octanol–water partition coefficient (Wildman–Crippen LogP) is 3.20. The molecule has 0 N–H and O–H groups in total. The number of methoxy groups -OCH3 is 1. The van der Waals surface area contributed by atoms with Crippen molar-refractivity contribution in [1.82, 2.24) is 0 Å². The Morgan fingerprint density at radius 1 is 1.45 bits per heavy atom. The average Bonchev–Trinajstić information content (AvgIpc) is 2.91. The second-order valence-electron chi connectivity index (χ2n) is 6.60. The Morgan fingerprint density at radius 3 is 2.73 bits per heavy atom. The zero-order valence-corrected chi connectivity index (χ0v) is 13.7. The van der Waals surface area contributed by atoms with Crippen LogP contribution in [-0.4, -0.2) is 25.0 Å². The van der Waals surface area contributed by atoms with Crippen LogP contribution < -0.4 is 0 Å². The van der Waals surface area contributed by atoms with Gasteiger partial charge in [-0.15, -0.1) is 6.58 Å². The van der Waals surface area contributed by atoms with Gasteiger partial charge in [0.05, 0.1) is 25.7 Å². The van der Waals surface area contributed by atoms with Gasteiger partial charge in [-0.25, -0.2) is 0 Å². The van der Waals surface area contributed by atoms with Crippen LogP contribution >= 0.6 is 0 Å². The summed E-state index contributed by atoms with van der Waals surface area (Å²) in [5.74, 6) is -0.229. The van der Waals surface area contributed by atoms with Gasteiger partial charge in [0.2, 0.25) is 0 Å². The van der Waals surface area contributed by atoms with Crippen LogP contribution in [0.2, 0.25) is 0 Å². The van der Waals surface area contributed by atoms with Crippen LogP contribution in [0.3, 0.4) is 0 Å². The van der Waals surface area contributed by atoms with E-state index in [0.29, 0.717) is 6.42 Å². The Labute approximate surface area is 131 Å². The molecule has 0 saturated heterocycles. The maximum Gasteiger partial charge on any atom is 0.310 e. The lowest BCUT2D eigenvalue weighted by Gasteiger charge is -2.13. The number of hydrogen-bond acceptors (Lipinski definition) is 4. The lowest BCUT2D eigenvalue weighted by atomic mass is 10.1. The fourth-order valence-electron chi connectivity index (χ4n) is 3.27. The molecule has 2 aliphatic rings. The van der Waals surface area contributed by atoms with Crippen LogP contribution in [0.15, 0.2) is 36.1 Å². The van der Waals surface area contributed by atoms with Gasteiger partial charge in [-0.3, -0.25) is 9.59 Å². The summed E-state index contributed by atoms with van der Waals surface area (Å²) < 4.78 is 10.5. The van der Waals surface area contributed by atoms with Gasteiger partial charge in [-0.2, -0.15) is 0 Å². The standard InChI is InChI=1S/C18H24O4/c1-6-7-12-11(2)15(10-14(12)19)22-17(20)16-13(8-9-21-5)18(16,3)4/h6,8-9,13,15-16H,1,7,10H2,2-5H3/t13-,15?,16+/m0/s1. The van der Waals surface area contributed by atoms with Gasteiger partial charge in [0.15, 0.2) is 5.78 Å². The molecule has 0 radical (unpaired) electrons. The van der Waals surface area contributed by atoms with E-state index < -0.39 is 6.10 Å². The maximum atomic E-state index is 12.4. The van der Waals surface area contributed by atoms with Crippen molar-refractivity contribution in [1.29, 1.82) is 0 Å². The molecule has 2 aliphatic carbocycles. The number of ether oxygens (including phenoxy) is 2. The smallest absolute Gasteiger partial charge is 0.310 e. The summed E-state index contributed by atoms with van der Waals surface area (Å²) in [6.45, 7) is 9.60. The molecule has 4 nitrogen and oxygen atoms in total. The Balaban J connectivity index is 2.03. The minimum atomic E-state index is -0.418. The first kappa shape index (κ1) is 16.5. The summed E-state index contributed by atoms with van der Waals surface area (Å²) in [6.07, 6.45) is 5.58. The number of esters is 1. The van der Waals surface area contributed by atoms with Crippen LogP contribution in [0.5, 0.6) is 0 Å². The van der Waals surface area contributed by atoms with Crippen molar-refractivity contribution in [2.45, 2.75) is 39.7 Å². The van der Waals surface area contributed by atoms with Crippen molar-refractivity contribution in [3.05, 3.63) is 36.1 Å². The highest BCUT2D eigenvalue weighted by molar-refractivity contribution is 6.00. The third-order valence-electron chi connectivity index (χ3n) is 4.86. The quantitative estimate of drug-likeness (QED) is 0.429. The van der Waals surface area contributed by atoms with Crippen LogP contribution in [0.4, 0.5) is 0 Å². The van der Waals surface area contributed by atoms with Crippen molar-refractivity contribution in [3.8, 4) is 0 Å². The molecule has 0 amide bonds. The van der Waals surface area contributed by atoms with Gasteiger partial charge in [0, 0.05) is 5.57 Å². The molecular formula is C18H24O4. The van der Waals surface area contributed by atoms with Gasteiger partial charge in [0.1, 0.15) is 6.10 Å². The Kier molecular flexibility index (Phi) is 4.59. The highest BCUT2D eigenvalue weighted by Crippen LogP contribution is 2.59. The molecule has 4 heteroatoms. The average molecular weight is 304 g/mol. The van der Waals surface area contributed by atoms with E-state index in [1.807, 2.05) is 26.8 Å². The minimum Gasteiger partial charge on any atom is -0.505 e. The van der Waals surface area contributed by atoms with Gasteiger partial charge in [0.25, 0.3) is 0 Å². The molecule has 120 valence electrons. The van der Waals surface area contributed by atoms with E-state index in [2.05, 4.69) is 6.58 Å². The number of carbonyl (C=O) groups excluding carboxylic acids is 2. The van der Waals surface area contributed by atoms with E-state index in [-0.39, 0.29) is 35.4 Å². The summed E-state index contributed by atoms with van der Waals surface area (Å²) in [5, 5.41) is 0. The number of allylic oxidation sites excluding steroid dienone is 3. The summed E-state index contributed by atoms with van der Waals surface area (Å²) in [5.41, 5.74) is 1.47. The molecule has 0 aromatic rings. The van der Waals surface area contributed by atoms with Crippen molar-refractivity contribution < 1.29 is 19.1 Å². The van der Waals surface area contributed by atoms with Crippen molar-refractivity contribution in [2.75, 3.05) is 7.11 Å². The van der Waals surface area contributed by atoms with E-state index in [1.165, 1.54) is 0 Å². The first-order valence-corrected chi connectivity index (χ1v) is 7.58. The van der Waals surface area contributed by atoms with E-state index in [1.54, 1.807) is 19.4 Å². The van der Waals surface area contributed by atoms with Gasteiger partial charge in [-0.05, 0) is 36.3 Å². The molecule has 0 aliphatic heterocycles. The Morgan fingerprint density at radius 2 is 2.14 bits per heavy atom. The predicted molar refractivity (Wildman–Crippen MR) is 83.9 cm³/mol. The lowest BCUT2D eigenvalue weighted by molar-refractivity contribution is -0.150. The minimum absolute atomic E-state index is 0.0566. The number of ketones is 1. The summed E-state index contributed by atoms with van der Waals surface area (Å²) in [4.78, 5) is 24.4. The third kappa shape index (κ3) is 2.87. The summed E-state index contributed by atoms with van der Waals surface area (Å²) >= 11 is 0. The zero-order valence-electron chi connectivity index (χ0n) is 13.7. The van der Waals surface area contributed by atoms with Crippen molar-refractivity contribution in [2.24, 2.45) is 17.3 Å². The highest BCUT2D eigenvalue weighted by atomic mass is 16.5. The maximum absolute atomic E-state index is 12.4.